The fourth-order valence-corrected chi connectivity index (χ4v) is 1.14. The average molecular weight is 175 g/mol. The molecule has 1 rings (SSSR count). The molecule has 1 aromatic heterocycles. The van der Waals surface area contributed by atoms with Crippen molar-refractivity contribution in [1.29, 1.82) is 10.5 Å². The second-order valence-corrected chi connectivity index (χ2v) is 3.71. The summed E-state index contributed by atoms with van der Waals surface area (Å²) in [5.41, 5.74) is 0.484. The van der Waals surface area contributed by atoms with Crippen LogP contribution in [0.2, 0.25) is 0 Å². The summed E-state index contributed by atoms with van der Waals surface area (Å²) in [5, 5.41) is 20.9. The van der Waals surface area contributed by atoms with Crippen molar-refractivity contribution in [3.8, 4) is 12.1 Å². The first-order valence-corrected chi connectivity index (χ1v) is 3.81. The van der Waals surface area contributed by atoms with Gasteiger partial charge in [-0.1, -0.05) is 25.9 Å². The quantitative estimate of drug-likeness (QED) is 0.601. The van der Waals surface area contributed by atoms with Gasteiger partial charge in [0.05, 0.1) is 5.56 Å². The fraction of sp³-hybridized carbons (Fsp3) is 0.444. The third-order valence-electron chi connectivity index (χ3n) is 1.65. The Morgan fingerprint density at radius 2 is 1.85 bits per heavy atom. The van der Waals surface area contributed by atoms with E-state index in [-0.39, 0.29) is 16.9 Å². The summed E-state index contributed by atoms with van der Waals surface area (Å²) in [5.74, 6) is 0.129. The van der Waals surface area contributed by atoms with E-state index in [1.807, 2.05) is 32.9 Å². The molecular weight excluding hydrogens is 166 g/mol. The summed E-state index contributed by atoms with van der Waals surface area (Å²) < 4.78 is 4.73. The van der Waals surface area contributed by atoms with Crippen LogP contribution in [0, 0.1) is 22.7 Å². The molecular formula is C9H9N3O. The highest BCUT2D eigenvalue weighted by molar-refractivity contribution is 5.42. The fourth-order valence-electron chi connectivity index (χ4n) is 1.14. The molecule has 4 nitrogen and oxygen atoms in total. The number of nitriles is 2. The van der Waals surface area contributed by atoms with E-state index in [1.54, 1.807) is 0 Å². The third-order valence-corrected chi connectivity index (χ3v) is 1.65. The zero-order chi connectivity index (χ0) is 10.1. The molecule has 0 unspecified atom stereocenters. The Morgan fingerprint density at radius 1 is 1.23 bits per heavy atom. The van der Waals surface area contributed by atoms with Crippen molar-refractivity contribution in [2.24, 2.45) is 0 Å². The van der Waals surface area contributed by atoms with Crippen LogP contribution in [0.15, 0.2) is 4.52 Å². The standard InChI is InChI=1S/C9H9N3O/c1-9(2,3)8-6(4-10)12-13-7(8)5-11/h1-3H3. The van der Waals surface area contributed by atoms with E-state index in [0.717, 1.165) is 0 Å². The molecule has 0 aliphatic rings. The van der Waals surface area contributed by atoms with Gasteiger partial charge in [-0.15, -0.1) is 0 Å². The van der Waals surface area contributed by atoms with Crippen LogP contribution in [-0.4, -0.2) is 5.16 Å². The number of nitrogens with zero attached hydrogens (tertiary/aromatic N) is 3. The minimum atomic E-state index is -0.296. The van der Waals surface area contributed by atoms with Crippen LogP contribution in [0.1, 0.15) is 37.8 Å². The van der Waals surface area contributed by atoms with Gasteiger partial charge >= 0.3 is 0 Å². The second kappa shape index (κ2) is 2.91. The molecule has 0 N–H and O–H groups in total. The van der Waals surface area contributed by atoms with Crippen molar-refractivity contribution in [2.45, 2.75) is 26.2 Å². The van der Waals surface area contributed by atoms with E-state index in [1.165, 1.54) is 0 Å². The zero-order valence-corrected chi connectivity index (χ0v) is 7.75. The van der Waals surface area contributed by atoms with Crippen LogP contribution in [-0.2, 0) is 5.41 Å². The molecule has 0 atom stereocenters. The Bertz CT molecular complexity index is 366. The molecule has 1 aromatic rings. The van der Waals surface area contributed by atoms with Gasteiger partial charge in [-0.25, -0.2) is 0 Å². The predicted molar refractivity (Wildman–Crippen MR) is 44.6 cm³/mol. The smallest absolute Gasteiger partial charge is 0.241 e. The Morgan fingerprint density at radius 3 is 2.23 bits per heavy atom. The molecule has 0 spiro atoms. The molecule has 4 heteroatoms. The van der Waals surface area contributed by atoms with Gasteiger partial charge in [-0.2, -0.15) is 10.5 Å². The minimum Gasteiger partial charge on any atom is -0.344 e. The summed E-state index contributed by atoms with van der Waals surface area (Å²) in [6.07, 6.45) is 0. The molecule has 0 aliphatic carbocycles. The Balaban J connectivity index is 3.42. The van der Waals surface area contributed by atoms with Crippen LogP contribution < -0.4 is 0 Å². The maximum absolute atomic E-state index is 8.71. The van der Waals surface area contributed by atoms with Gasteiger partial charge in [0.2, 0.25) is 5.76 Å². The second-order valence-electron chi connectivity index (χ2n) is 3.71. The number of hydrogen-bond donors (Lipinski definition) is 0. The van der Waals surface area contributed by atoms with E-state index in [2.05, 4.69) is 5.16 Å². The van der Waals surface area contributed by atoms with Crippen LogP contribution in [0.25, 0.3) is 0 Å². The molecule has 0 bridgehead atoms. The van der Waals surface area contributed by atoms with Gasteiger partial charge in [0.15, 0.2) is 5.69 Å². The summed E-state index contributed by atoms with van der Waals surface area (Å²) in [6.45, 7) is 5.71. The first kappa shape index (κ1) is 9.28. The SMILES string of the molecule is CC(C)(C)c1c(C#N)noc1C#N. The van der Waals surface area contributed by atoms with Gasteiger partial charge in [-0.05, 0) is 5.41 Å². The molecule has 0 aromatic carbocycles. The lowest BCUT2D eigenvalue weighted by Crippen LogP contribution is -2.13. The Labute approximate surface area is 76.4 Å². The maximum Gasteiger partial charge on any atom is 0.241 e. The number of aromatic nitrogens is 1. The number of hydrogen-bond acceptors (Lipinski definition) is 4. The molecule has 0 amide bonds. The van der Waals surface area contributed by atoms with Crippen LogP contribution in [0.4, 0.5) is 0 Å². The van der Waals surface area contributed by atoms with Gasteiger partial charge < -0.3 is 4.52 Å². The highest BCUT2D eigenvalue weighted by atomic mass is 16.5. The third kappa shape index (κ3) is 1.52. The van der Waals surface area contributed by atoms with E-state index in [0.29, 0.717) is 5.56 Å². The molecule has 0 radical (unpaired) electrons. The van der Waals surface area contributed by atoms with Gasteiger partial charge in [-0.3, -0.25) is 0 Å². The molecule has 0 aliphatic heterocycles. The molecule has 1 heterocycles. The Kier molecular flexibility index (Phi) is 2.08. The lowest BCUT2D eigenvalue weighted by atomic mass is 9.85. The first-order chi connectivity index (χ1) is 6.00. The van der Waals surface area contributed by atoms with Crippen molar-refractivity contribution < 1.29 is 4.52 Å². The van der Waals surface area contributed by atoms with Crippen molar-refractivity contribution in [1.82, 2.24) is 5.16 Å². The van der Waals surface area contributed by atoms with Crippen LogP contribution in [0.5, 0.6) is 0 Å². The Hall–Kier alpha value is -1.81. The summed E-state index contributed by atoms with van der Waals surface area (Å²) in [4.78, 5) is 0. The number of rotatable bonds is 0. The predicted octanol–water partition coefficient (Wildman–Crippen LogP) is 1.72. The van der Waals surface area contributed by atoms with Crippen LogP contribution >= 0.6 is 0 Å². The molecule has 0 fully saturated rings. The lowest BCUT2D eigenvalue weighted by Gasteiger charge is -2.15. The minimum absolute atomic E-state index is 0.129. The first-order valence-electron chi connectivity index (χ1n) is 3.81. The molecule has 0 saturated heterocycles. The maximum atomic E-state index is 8.71. The van der Waals surface area contributed by atoms with Gasteiger partial charge in [0, 0.05) is 0 Å². The van der Waals surface area contributed by atoms with Gasteiger partial charge in [0.25, 0.3) is 0 Å². The van der Waals surface area contributed by atoms with E-state index >= 15 is 0 Å². The normalized spacial score (nSPS) is 10.5. The molecule has 66 valence electrons. The van der Waals surface area contributed by atoms with E-state index in [9.17, 15) is 0 Å². The van der Waals surface area contributed by atoms with Crippen molar-refractivity contribution in [2.75, 3.05) is 0 Å². The molecule has 13 heavy (non-hydrogen) atoms. The average Bonchev–Trinajstić information content (AvgIpc) is 2.45. The highest BCUT2D eigenvalue weighted by Gasteiger charge is 2.27. The van der Waals surface area contributed by atoms with E-state index < -0.39 is 0 Å². The van der Waals surface area contributed by atoms with Crippen LogP contribution in [0.3, 0.4) is 0 Å². The zero-order valence-electron chi connectivity index (χ0n) is 7.75. The summed E-state index contributed by atoms with van der Waals surface area (Å²) in [7, 11) is 0. The summed E-state index contributed by atoms with van der Waals surface area (Å²) in [6, 6.07) is 3.78. The monoisotopic (exact) mass is 175 g/mol. The van der Waals surface area contributed by atoms with E-state index in [4.69, 9.17) is 15.0 Å². The highest BCUT2D eigenvalue weighted by Crippen LogP contribution is 2.28. The van der Waals surface area contributed by atoms with Gasteiger partial charge in [0.1, 0.15) is 12.1 Å². The topological polar surface area (TPSA) is 73.6 Å². The largest absolute Gasteiger partial charge is 0.344 e. The van der Waals surface area contributed by atoms with Crippen molar-refractivity contribution >= 4 is 0 Å². The summed E-state index contributed by atoms with van der Waals surface area (Å²) >= 11 is 0. The van der Waals surface area contributed by atoms with Crippen molar-refractivity contribution in [3.05, 3.63) is 17.0 Å². The lowest BCUT2D eigenvalue weighted by molar-refractivity contribution is 0.404. The van der Waals surface area contributed by atoms with Crippen molar-refractivity contribution in [3.63, 3.8) is 0 Å². The molecule has 0 saturated carbocycles.